The summed E-state index contributed by atoms with van der Waals surface area (Å²) in [4.78, 5) is 4.70. The Morgan fingerprint density at radius 1 is 1.56 bits per heavy atom. The van der Waals surface area contributed by atoms with Gasteiger partial charge >= 0.3 is 0 Å². The number of thiocarbonyl (C=S) groups is 1. The van der Waals surface area contributed by atoms with E-state index < -0.39 is 0 Å². The van der Waals surface area contributed by atoms with Crippen LogP contribution in [0.5, 0.6) is 5.88 Å². The Hall–Kier alpha value is -1.20. The first-order chi connectivity index (χ1) is 7.72. The van der Waals surface area contributed by atoms with E-state index in [1.54, 1.807) is 0 Å². The average molecular weight is 238 g/mol. The molecule has 1 aromatic heterocycles. The number of pyridine rings is 1. The van der Waals surface area contributed by atoms with E-state index in [1.807, 2.05) is 6.07 Å². The lowest BCUT2D eigenvalue weighted by atomic mass is 10.1. The zero-order valence-corrected chi connectivity index (χ0v) is 9.72. The van der Waals surface area contributed by atoms with Crippen molar-refractivity contribution in [3.8, 4) is 5.88 Å². The quantitative estimate of drug-likeness (QED) is 0.751. The van der Waals surface area contributed by atoms with Gasteiger partial charge in [-0.05, 0) is 30.9 Å². The summed E-state index contributed by atoms with van der Waals surface area (Å²) in [5.74, 6) is 0.446. The molecule has 5 heteroatoms. The van der Waals surface area contributed by atoms with Crippen LogP contribution < -0.4 is 10.5 Å². The van der Waals surface area contributed by atoms with Crippen LogP contribution in [-0.4, -0.2) is 28.3 Å². The maximum absolute atomic E-state index is 8.73. The summed E-state index contributed by atoms with van der Waals surface area (Å²) in [6.45, 7) is 0.164. The zero-order chi connectivity index (χ0) is 11.5. The van der Waals surface area contributed by atoms with E-state index in [0.29, 0.717) is 11.4 Å². The molecule has 4 nitrogen and oxygen atoms in total. The van der Waals surface area contributed by atoms with Crippen LogP contribution in [0.25, 0.3) is 0 Å². The highest BCUT2D eigenvalue weighted by Crippen LogP contribution is 2.26. The molecule has 0 radical (unpaired) electrons. The Bertz CT molecular complexity index is 421. The lowest BCUT2D eigenvalue weighted by molar-refractivity contribution is 0.196. The van der Waals surface area contributed by atoms with Gasteiger partial charge in [0.25, 0.3) is 0 Å². The molecule has 0 aromatic carbocycles. The smallest absolute Gasteiger partial charge is 0.224 e. The van der Waals surface area contributed by atoms with Gasteiger partial charge < -0.3 is 15.6 Å². The van der Waals surface area contributed by atoms with Gasteiger partial charge in [0.05, 0.1) is 12.2 Å². The molecule has 1 aromatic rings. The molecule has 0 amide bonds. The van der Waals surface area contributed by atoms with Gasteiger partial charge in [0.2, 0.25) is 5.88 Å². The predicted molar refractivity (Wildman–Crippen MR) is 64.7 cm³/mol. The molecule has 0 unspecified atom stereocenters. The van der Waals surface area contributed by atoms with E-state index >= 15 is 0 Å². The van der Waals surface area contributed by atoms with Crippen molar-refractivity contribution in [2.75, 3.05) is 13.2 Å². The number of aromatic nitrogens is 1. The first-order valence-corrected chi connectivity index (χ1v) is 5.69. The SMILES string of the molecule is NC(=S)c1cc2c(nc1OCCO)CCC2. The van der Waals surface area contributed by atoms with Crippen molar-refractivity contribution in [2.45, 2.75) is 19.3 Å². The highest BCUT2D eigenvalue weighted by molar-refractivity contribution is 7.80. The van der Waals surface area contributed by atoms with E-state index in [2.05, 4.69) is 4.98 Å². The fourth-order valence-corrected chi connectivity index (χ4v) is 2.03. The second-order valence-corrected chi connectivity index (χ2v) is 4.18. The van der Waals surface area contributed by atoms with Gasteiger partial charge in [-0.15, -0.1) is 0 Å². The van der Waals surface area contributed by atoms with Crippen LogP contribution in [0.4, 0.5) is 0 Å². The van der Waals surface area contributed by atoms with Gasteiger partial charge in [-0.2, -0.15) is 0 Å². The fourth-order valence-electron chi connectivity index (χ4n) is 1.88. The number of rotatable bonds is 4. The zero-order valence-electron chi connectivity index (χ0n) is 8.90. The van der Waals surface area contributed by atoms with Crippen molar-refractivity contribution in [3.63, 3.8) is 0 Å². The predicted octanol–water partition coefficient (Wildman–Crippen LogP) is 0.576. The minimum Gasteiger partial charge on any atom is -0.475 e. The molecule has 0 aliphatic heterocycles. The number of nitrogens with two attached hydrogens (primary N) is 1. The monoisotopic (exact) mass is 238 g/mol. The van der Waals surface area contributed by atoms with E-state index in [4.69, 9.17) is 27.8 Å². The minimum absolute atomic E-state index is 0.0461. The molecule has 0 fully saturated rings. The molecule has 16 heavy (non-hydrogen) atoms. The van der Waals surface area contributed by atoms with Crippen molar-refractivity contribution >= 4 is 17.2 Å². The van der Waals surface area contributed by atoms with Crippen LogP contribution in [0.3, 0.4) is 0 Å². The van der Waals surface area contributed by atoms with Crippen molar-refractivity contribution in [1.82, 2.24) is 4.98 Å². The molecule has 1 heterocycles. The number of ether oxygens (including phenoxy) is 1. The lowest BCUT2D eigenvalue weighted by Gasteiger charge is -2.10. The summed E-state index contributed by atoms with van der Waals surface area (Å²) < 4.78 is 5.34. The molecular formula is C11H14N2O2S. The molecule has 1 aliphatic rings. The number of hydrogen-bond donors (Lipinski definition) is 2. The van der Waals surface area contributed by atoms with E-state index in [1.165, 1.54) is 5.56 Å². The third-order valence-electron chi connectivity index (χ3n) is 2.61. The normalized spacial score (nSPS) is 13.6. The minimum atomic E-state index is -0.0461. The molecule has 0 spiro atoms. The number of fused-ring (bicyclic) bond motifs is 1. The molecular weight excluding hydrogens is 224 g/mol. The third kappa shape index (κ3) is 2.15. The first-order valence-electron chi connectivity index (χ1n) is 5.28. The Kier molecular flexibility index (Phi) is 3.36. The van der Waals surface area contributed by atoms with Crippen molar-refractivity contribution < 1.29 is 9.84 Å². The van der Waals surface area contributed by atoms with Gasteiger partial charge in [-0.1, -0.05) is 12.2 Å². The van der Waals surface area contributed by atoms with E-state index in [0.717, 1.165) is 25.0 Å². The van der Waals surface area contributed by atoms with Crippen LogP contribution in [0.2, 0.25) is 0 Å². The molecule has 86 valence electrons. The molecule has 0 saturated carbocycles. The second-order valence-electron chi connectivity index (χ2n) is 3.74. The highest BCUT2D eigenvalue weighted by Gasteiger charge is 2.18. The Morgan fingerprint density at radius 2 is 2.38 bits per heavy atom. The van der Waals surface area contributed by atoms with Crippen LogP contribution in [0.1, 0.15) is 23.2 Å². The molecule has 0 saturated heterocycles. The van der Waals surface area contributed by atoms with Gasteiger partial charge in [-0.25, -0.2) is 4.98 Å². The largest absolute Gasteiger partial charge is 0.475 e. The number of aliphatic hydroxyl groups excluding tert-OH is 1. The van der Waals surface area contributed by atoms with Crippen molar-refractivity contribution in [1.29, 1.82) is 0 Å². The van der Waals surface area contributed by atoms with Crippen molar-refractivity contribution in [2.24, 2.45) is 5.73 Å². The number of nitrogens with zero attached hydrogens (tertiary/aromatic N) is 1. The van der Waals surface area contributed by atoms with Crippen LogP contribution in [-0.2, 0) is 12.8 Å². The highest BCUT2D eigenvalue weighted by atomic mass is 32.1. The maximum atomic E-state index is 8.73. The Morgan fingerprint density at radius 3 is 3.06 bits per heavy atom. The van der Waals surface area contributed by atoms with Crippen LogP contribution >= 0.6 is 12.2 Å². The maximum Gasteiger partial charge on any atom is 0.224 e. The number of aliphatic hydroxyl groups is 1. The average Bonchev–Trinajstić information content (AvgIpc) is 2.71. The van der Waals surface area contributed by atoms with Gasteiger partial charge in [-0.3, -0.25) is 0 Å². The van der Waals surface area contributed by atoms with Gasteiger partial charge in [0.1, 0.15) is 11.6 Å². The Labute approximate surface area is 99.4 Å². The van der Waals surface area contributed by atoms with Crippen LogP contribution in [0.15, 0.2) is 6.07 Å². The van der Waals surface area contributed by atoms with Crippen LogP contribution in [0, 0.1) is 0 Å². The van der Waals surface area contributed by atoms with E-state index in [9.17, 15) is 0 Å². The summed E-state index contributed by atoms with van der Waals surface area (Å²) in [6, 6.07) is 1.96. The summed E-state index contributed by atoms with van der Waals surface area (Å²) in [5.41, 5.74) is 8.57. The molecule has 1 aliphatic carbocycles. The Balaban J connectivity index is 2.36. The molecule has 2 rings (SSSR count). The molecule has 0 atom stereocenters. The van der Waals surface area contributed by atoms with E-state index in [-0.39, 0.29) is 18.2 Å². The lowest BCUT2D eigenvalue weighted by Crippen LogP contribution is -2.15. The second kappa shape index (κ2) is 4.76. The summed E-state index contributed by atoms with van der Waals surface area (Å²) in [6.07, 6.45) is 3.11. The summed E-state index contributed by atoms with van der Waals surface area (Å²) >= 11 is 4.97. The van der Waals surface area contributed by atoms with Gasteiger partial charge in [0, 0.05) is 5.69 Å². The number of hydrogen-bond acceptors (Lipinski definition) is 4. The topological polar surface area (TPSA) is 68.4 Å². The first kappa shape index (κ1) is 11.3. The number of aryl methyl sites for hydroxylation is 2. The van der Waals surface area contributed by atoms with Gasteiger partial charge in [0.15, 0.2) is 0 Å². The van der Waals surface area contributed by atoms with Crippen molar-refractivity contribution in [3.05, 3.63) is 22.9 Å². The standard InChI is InChI=1S/C11H14N2O2S/c12-10(16)8-6-7-2-1-3-9(7)13-11(8)15-5-4-14/h6,14H,1-5H2,(H2,12,16). The summed E-state index contributed by atoms with van der Waals surface area (Å²) in [5, 5.41) is 8.73. The summed E-state index contributed by atoms with van der Waals surface area (Å²) in [7, 11) is 0. The molecule has 3 N–H and O–H groups in total. The third-order valence-corrected chi connectivity index (χ3v) is 2.83. The fraction of sp³-hybridized carbons (Fsp3) is 0.455. The molecule has 0 bridgehead atoms.